The third-order valence-electron chi connectivity index (χ3n) is 4.77. The predicted molar refractivity (Wildman–Crippen MR) is 81.5 cm³/mol. The van der Waals surface area contributed by atoms with Crippen LogP contribution in [0.1, 0.15) is 49.1 Å². The fourth-order valence-electron chi connectivity index (χ4n) is 3.38. The average molecular weight is 269 g/mol. The van der Waals surface area contributed by atoms with Crippen LogP contribution < -0.4 is 5.73 Å². The Bertz CT molecular complexity index is 602. The molecule has 2 aromatic rings. The molecule has 3 heteroatoms. The van der Waals surface area contributed by atoms with Gasteiger partial charge in [0.05, 0.1) is 0 Å². The predicted octanol–water partition coefficient (Wildman–Crippen LogP) is 3.10. The molecule has 2 unspecified atom stereocenters. The van der Waals surface area contributed by atoms with E-state index >= 15 is 0 Å². The summed E-state index contributed by atoms with van der Waals surface area (Å²) >= 11 is 0. The van der Waals surface area contributed by atoms with Crippen LogP contribution in [0.3, 0.4) is 0 Å². The van der Waals surface area contributed by atoms with Gasteiger partial charge >= 0.3 is 0 Å². The number of hydrogen-bond donors (Lipinski definition) is 1. The molecule has 106 valence electrons. The van der Waals surface area contributed by atoms with Gasteiger partial charge in [0.25, 0.3) is 0 Å². The molecule has 0 amide bonds. The highest BCUT2D eigenvalue weighted by atomic mass is 15.0. The number of aryl methyl sites for hydroxylation is 2. The molecule has 0 radical (unpaired) electrons. The molecule has 20 heavy (non-hydrogen) atoms. The molecular formula is C17H23N3. The Morgan fingerprint density at radius 1 is 1.40 bits per heavy atom. The van der Waals surface area contributed by atoms with Crippen LogP contribution in [0.4, 0.5) is 0 Å². The maximum atomic E-state index is 6.76. The number of hydrogen-bond acceptors (Lipinski definition) is 2. The zero-order valence-corrected chi connectivity index (χ0v) is 12.3. The summed E-state index contributed by atoms with van der Waals surface area (Å²) in [6.07, 6.45) is 7.98. The second-order valence-electron chi connectivity index (χ2n) is 6.14. The minimum absolute atomic E-state index is 0.199. The first-order chi connectivity index (χ1) is 9.60. The molecule has 1 aromatic carbocycles. The SMILES string of the molecule is CC1CCC(N)(CCc2nccn2C)c2ccccc21. The van der Waals surface area contributed by atoms with Gasteiger partial charge in [-0.3, -0.25) is 0 Å². The number of imidazole rings is 1. The van der Waals surface area contributed by atoms with Crippen LogP contribution in [0, 0.1) is 0 Å². The highest BCUT2D eigenvalue weighted by molar-refractivity contribution is 5.38. The lowest BCUT2D eigenvalue weighted by molar-refractivity contribution is 0.325. The van der Waals surface area contributed by atoms with E-state index in [-0.39, 0.29) is 5.54 Å². The molecule has 1 aliphatic carbocycles. The molecule has 1 heterocycles. The summed E-state index contributed by atoms with van der Waals surface area (Å²) in [6, 6.07) is 8.68. The first-order valence-electron chi connectivity index (χ1n) is 7.45. The Balaban J connectivity index is 1.85. The summed E-state index contributed by atoms with van der Waals surface area (Å²) in [4.78, 5) is 4.41. The van der Waals surface area contributed by atoms with Gasteiger partial charge in [0.1, 0.15) is 5.82 Å². The number of nitrogens with zero attached hydrogens (tertiary/aromatic N) is 2. The molecule has 0 bridgehead atoms. The number of aromatic nitrogens is 2. The fourth-order valence-corrected chi connectivity index (χ4v) is 3.38. The summed E-state index contributed by atoms with van der Waals surface area (Å²) in [5.41, 5.74) is 9.34. The van der Waals surface area contributed by atoms with Crippen molar-refractivity contribution in [3.63, 3.8) is 0 Å². The molecule has 0 saturated carbocycles. The van der Waals surface area contributed by atoms with Crippen LogP contribution >= 0.6 is 0 Å². The average Bonchev–Trinajstić information content (AvgIpc) is 2.87. The van der Waals surface area contributed by atoms with E-state index in [1.165, 1.54) is 17.5 Å². The van der Waals surface area contributed by atoms with Crippen molar-refractivity contribution in [2.24, 2.45) is 12.8 Å². The van der Waals surface area contributed by atoms with Gasteiger partial charge in [-0.2, -0.15) is 0 Å². The molecular weight excluding hydrogens is 246 g/mol. The lowest BCUT2D eigenvalue weighted by Crippen LogP contribution is -2.41. The number of rotatable bonds is 3. The maximum absolute atomic E-state index is 6.76. The first kappa shape index (κ1) is 13.4. The zero-order valence-electron chi connectivity index (χ0n) is 12.3. The highest BCUT2D eigenvalue weighted by Crippen LogP contribution is 2.41. The fraction of sp³-hybridized carbons (Fsp3) is 0.471. The van der Waals surface area contributed by atoms with Crippen molar-refractivity contribution in [1.29, 1.82) is 0 Å². The second kappa shape index (κ2) is 5.06. The van der Waals surface area contributed by atoms with Gasteiger partial charge < -0.3 is 10.3 Å². The van der Waals surface area contributed by atoms with Crippen molar-refractivity contribution in [3.8, 4) is 0 Å². The van der Waals surface area contributed by atoms with Crippen LogP contribution in [0.2, 0.25) is 0 Å². The van der Waals surface area contributed by atoms with Gasteiger partial charge in [-0.1, -0.05) is 31.2 Å². The van der Waals surface area contributed by atoms with E-state index in [2.05, 4.69) is 40.7 Å². The van der Waals surface area contributed by atoms with E-state index in [0.717, 1.165) is 25.1 Å². The molecule has 1 aromatic heterocycles. The number of fused-ring (bicyclic) bond motifs is 1. The molecule has 0 fully saturated rings. The summed E-state index contributed by atoms with van der Waals surface area (Å²) in [5, 5.41) is 0. The van der Waals surface area contributed by atoms with E-state index < -0.39 is 0 Å². The summed E-state index contributed by atoms with van der Waals surface area (Å²) in [5.74, 6) is 1.74. The number of benzene rings is 1. The summed E-state index contributed by atoms with van der Waals surface area (Å²) in [6.45, 7) is 2.30. The topological polar surface area (TPSA) is 43.8 Å². The van der Waals surface area contributed by atoms with E-state index in [1.54, 1.807) is 0 Å². The Labute approximate surface area is 120 Å². The lowest BCUT2D eigenvalue weighted by Gasteiger charge is -2.38. The van der Waals surface area contributed by atoms with E-state index in [1.807, 2.05) is 19.4 Å². The smallest absolute Gasteiger partial charge is 0.108 e. The van der Waals surface area contributed by atoms with Gasteiger partial charge in [-0.25, -0.2) is 4.98 Å². The lowest BCUT2D eigenvalue weighted by atomic mass is 9.71. The van der Waals surface area contributed by atoms with Gasteiger partial charge in [0, 0.05) is 31.4 Å². The van der Waals surface area contributed by atoms with Crippen molar-refractivity contribution in [1.82, 2.24) is 9.55 Å². The Morgan fingerprint density at radius 3 is 2.95 bits per heavy atom. The number of nitrogens with two attached hydrogens (primary N) is 1. The van der Waals surface area contributed by atoms with Gasteiger partial charge in [0.2, 0.25) is 0 Å². The normalized spacial score (nSPS) is 25.4. The molecule has 2 atom stereocenters. The van der Waals surface area contributed by atoms with Crippen LogP contribution in [0.5, 0.6) is 0 Å². The van der Waals surface area contributed by atoms with Crippen LogP contribution in [0.25, 0.3) is 0 Å². The van der Waals surface area contributed by atoms with Crippen LogP contribution in [-0.2, 0) is 19.0 Å². The minimum Gasteiger partial charge on any atom is -0.338 e. The van der Waals surface area contributed by atoms with Crippen molar-refractivity contribution in [2.45, 2.75) is 44.1 Å². The first-order valence-corrected chi connectivity index (χ1v) is 7.45. The van der Waals surface area contributed by atoms with E-state index in [9.17, 15) is 0 Å². The Hall–Kier alpha value is -1.61. The summed E-state index contributed by atoms with van der Waals surface area (Å²) < 4.78 is 2.08. The highest BCUT2D eigenvalue weighted by Gasteiger charge is 2.34. The van der Waals surface area contributed by atoms with Crippen molar-refractivity contribution < 1.29 is 0 Å². The third kappa shape index (κ3) is 2.27. The molecule has 1 aliphatic rings. The van der Waals surface area contributed by atoms with E-state index in [0.29, 0.717) is 5.92 Å². The monoisotopic (exact) mass is 269 g/mol. The van der Waals surface area contributed by atoms with Gasteiger partial charge in [-0.15, -0.1) is 0 Å². The maximum Gasteiger partial charge on any atom is 0.108 e. The molecule has 0 spiro atoms. The van der Waals surface area contributed by atoms with E-state index in [4.69, 9.17) is 5.73 Å². The minimum atomic E-state index is -0.199. The Morgan fingerprint density at radius 2 is 2.20 bits per heavy atom. The molecule has 2 N–H and O–H groups in total. The third-order valence-corrected chi connectivity index (χ3v) is 4.77. The Kier molecular flexibility index (Phi) is 3.38. The van der Waals surface area contributed by atoms with Crippen molar-refractivity contribution in [3.05, 3.63) is 53.6 Å². The van der Waals surface area contributed by atoms with Crippen LogP contribution in [0.15, 0.2) is 36.7 Å². The van der Waals surface area contributed by atoms with Gasteiger partial charge in [0.15, 0.2) is 0 Å². The molecule has 0 saturated heterocycles. The molecule has 3 nitrogen and oxygen atoms in total. The molecule has 3 rings (SSSR count). The van der Waals surface area contributed by atoms with Crippen molar-refractivity contribution in [2.75, 3.05) is 0 Å². The summed E-state index contributed by atoms with van der Waals surface area (Å²) in [7, 11) is 2.04. The quantitative estimate of drug-likeness (QED) is 0.930. The van der Waals surface area contributed by atoms with Gasteiger partial charge in [-0.05, 0) is 36.3 Å². The van der Waals surface area contributed by atoms with Crippen molar-refractivity contribution >= 4 is 0 Å². The van der Waals surface area contributed by atoms with Crippen LogP contribution in [-0.4, -0.2) is 9.55 Å². The standard InChI is InChI=1S/C17H23N3/c1-13-7-9-17(18,15-6-4-3-5-14(13)15)10-8-16-19-11-12-20(16)2/h3-6,11-13H,7-10,18H2,1-2H3. The zero-order chi connectivity index (χ0) is 14.2. The molecule has 0 aliphatic heterocycles. The second-order valence-corrected chi connectivity index (χ2v) is 6.14. The largest absolute Gasteiger partial charge is 0.338 e.